The van der Waals surface area contributed by atoms with Gasteiger partial charge >= 0.3 is 0 Å². The molecule has 0 saturated carbocycles. The van der Waals surface area contributed by atoms with E-state index in [1.54, 1.807) is 25.3 Å². The largest absolute Gasteiger partial charge is 0.493 e. The molecule has 112 valence electrons. The third-order valence-corrected chi connectivity index (χ3v) is 3.46. The van der Waals surface area contributed by atoms with E-state index in [0.29, 0.717) is 28.1 Å². The molecule has 21 heavy (non-hydrogen) atoms. The normalized spacial score (nSPS) is 16.2. The van der Waals surface area contributed by atoms with Crippen LogP contribution in [0, 0.1) is 0 Å². The highest BCUT2D eigenvalue weighted by molar-refractivity contribution is 7.80. The summed E-state index contributed by atoms with van der Waals surface area (Å²) in [5.41, 5.74) is 1.13. The molecule has 1 N–H and O–H groups in total. The first-order valence-electron chi connectivity index (χ1n) is 6.12. The van der Waals surface area contributed by atoms with Crippen molar-refractivity contribution in [2.24, 2.45) is 0 Å². The van der Waals surface area contributed by atoms with E-state index in [1.165, 1.54) is 26.2 Å². The third-order valence-electron chi connectivity index (χ3n) is 3.08. The standard InChI is InChI=1S/C14H16N2O4S/c1-16-13(17)9(15-14(16)21)5-8-6-10(18-2)12(20-4)11(7-8)19-3/h5-7H,1-4H3,(H,15,21). The lowest BCUT2D eigenvalue weighted by Crippen LogP contribution is -2.25. The Kier molecular flexibility index (Phi) is 4.32. The molecule has 1 amide bonds. The number of benzene rings is 1. The molecule has 1 aromatic carbocycles. The van der Waals surface area contributed by atoms with Gasteiger partial charge in [0.05, 0.1) is 21.3 Å². The first kappa shape index (κ1) is 15.1. The fraction of sp³-hybridized carbons (Fsp3) is 0.286. The Morgan fingerprint density at radius 1 is 1.14 bits per heavy atom. The fourth-order valence-corrected chi connectivity index (χ4v) is 2.17. The Balaban J connectivity index is 2.46. The van der Waals surface area contributed by atoms with E-state index in [-0.39, 0.29) is 5.91 Å². The van der Waals surface area contributed by atoms with Crippen LogP contribution < -0.4 is 19.5 Å². The molecule has 2 rings (SSSR count). The van der Waals surface area contributed by atoms with Gasteiger partial charge in [-0.25, -0.2) is 0 Å². The number of hydrogen-bond donors (Lipinski definition) is 1. The highest BCUT2D eigenvalue weighted by atomic mass is 32.1. The lowest BCUT2D eigenvalue weighted by molar-refractivity contribution is -0.121. The number of ether oxygens (including phenoxy) is 3. The molecular weight excluding hydrogens is 292 g/mol. The van der Waals surface area contributed by atoms with E-state index in [9.17, 15) is 4.79 Å². The van der Waals surface area contributed by atoms with Gasteiger partial charge in [0.15, 0.2) is 16.6 Å². The smallest absolute Gasteiger partial charge is 0.276 e. The van der Waals surface area contributed by atoms with Crippen LogP contribution in [0.5, 0.6) is 17.2 Å². The fourth-order valence-electron chi connectivity index (χ4n) is 1.97. The molecule has 1 aliphatic heterocycles. The van der Waals surface area contributed by atoms with Gasteiger partial charge in [-0.3, -0.25) is 9.69 Å². The van der Waals surface area contributed by atoms with Gasteiger partial charge < -0.3 is 19.5 Å². The van der Waals surface area contributed by atoms with E-state index in [1.807, 2.05) is 0 Å². The van der Waals surface area contributed by atoms with Crippen molar-refractivity contribution in [2.45, 2.75) is 0 Å². The quantitative estimate of drug-likeness (QED) is 0.670. The number of thiocarbonyl (C=S) groups is 1. The number of nitrogens with zero attached hydrogens (tertiary/aromatic N) is 1. The second-order valence-electron chi connectivity index (χ2n) is 4.31. The average molecular weight is 308 g/mol. The third kappa shape index (κ3) is 2.78. The number of methoxy groups -OCH3 is 3. The summed E-state index contributed by atoms with van der Waals surface area (Å²) in [7, 11) is 6.23. The summed E-state index contributed by atoms with van der Waals surface area (Å²) in [4.78, 5) is 13.3. The predicted molar refractivity (Wildman–Crippen MR) is 82.6 cm³/mol. The molecule has 0 aliphatic carbocycles. The van der Waals surface area contributed by atoms with Crippen molar-refractivity contribution in [3.05, 3.63) is 23.4 Å². The molecule has 1 saturated heterocycles. The molecule has 0 spiro atoms. The van der Waals surface area contributed by atoms with Crippen molar-refractivity contribution in [3.8, 4) is 17.2 Å². The van der Waals surface area contributed by atoms with Gasteiger partial charge in [-0.15, -0.1) is 0 Å². The minimum Gasteiger partial charge on any atom is -0.493 e. The van der Waals surface area contributed by atoms with Gasteiger partial charge in [0, 0.05) is 7.05 Å². The summed E-state index contributed by atoms with van der Waals surface area (Å²) in [5, 5.41) is 3.24. The molecule has 0 aromatic heterocycles. The first-order chi connectivity index (χ1) is 10.0. The second kappa shape index (κ2) is 6.01. The number of nitrogens with one attached hydrogen (secondary N) is 1. The van der Waals surface area contributed by atoms with E-state index in [2.05, 4.69) is 5.32 Å². The lowest BCUT2D eigenvalue weighted by Gasteiger charge is -2.13. The van der Waals surface area contributed by atoms with Gasteiger partial charge in [-0.2, -0.15) is 0 Å². The zero-order valence-electron chi connectivity index (χ0n) is 12.2. The molecule has 0 atom stereocenters. The van der Waals surface area contributed by atoms with Crippen LogP contribution in [0.2, 0.25) is 0 Å². The van der Waals surface area contributed by atoms with Crippen molar-refractivity contribution < 1.29 is 19.0 Å². The van der Waals surface area contributed by atoms with Gasteiger partial charge in [0.25, 0.3) is 5.91 Å². The molecule has 7 heteroatoms. The highest BCUT2D eigenvalue weighted by Gasteiger charge is 2.27. The number of carbonyl (C=O) groups is 1. The monoisotopic (exact) mass is 308 g/mol. The van der Waals surface area contributed by atoms with E-state index in [0.717, 1.165) is 5.56 Å². The van der Waals surface area contributed by atoms with Crippen molar-refractivity contribution in [3.63, 3.8) is 0 Å². The zero-order chi connectivity index (χ0) is 15.6. The minimum absolute atomic E-state index is 0.186. The Labute approximate surface area is 128 Å². The van der Waals surface area contributed by atoms with Crippen molar-refractivity contribution >= 4 is 29.3 Å². The summed E-state index contributed by atoms with van der Waals surface area (Å²) in [6.07, 6.45) is 1.68. The molecular formula is C14H16N2O4S. The van der Waals surface area contributed by atoms with Crippen LogP contribution >= 0.6 is 12.2 Å². The predicted octanol–water partition coefficient (Wildman–Crippen LogP) is 1.40. The topological polar surface area (TPSA) is 60.0 Å². The van der Waals surface area contributed by atoms with Crippen LogP contribution in [0.4, 0.5) is 0 Å². The van der Waals surface area contributed by atoms with Crippen molar-refractivity contribution in [1.29, 1.82) is 0 Å². The van der Waals surface area contributed by atoms with E-state index >= 15 is 0 Å². The Bertz CT molecular complexity index is 602. The summed E-state index contributed by atoms with van der Waals surface area (Å²) in [6.45, 7) is 0. The van der Waals surface area contributed by atoms with Gasteiger partial charge in [0.1, 0.15) is 5.70 Å². The summed E-state index contributed by atoms with van der Waals surface area (Å²) >= 11 is 5.03. The maximum atomic E-state index is 12.0. The summed E-state index contributed by atoms with van der Waals surface area (Å²) in [6, 6.07) is 3.51. The van der Waals surface area contributed by atoms with Gasteiger partial charge in [-0.1, -0.05) is 0 Å². The van der Waals surface area contributed by atoms with Gasteiger partial charge in [0.2, 0.25) is 5.75 Å². The maximum absolute atomic E-state index is 12.0. The number of likely N-dealkylation sites (N-methyl/N-ethyl adjacent to an activating group) is 1. The van der Waals surface area contributed by atoms with Crippen LogP contribution in [0.3, 0.4) is 0 Å². The molecule has 1 heterocycles. The molecule has 6 nitrogen and oxygen atoms in total. The van der Waals surface area contributed by atoms with Crippen LogP contribution in [-0.2, 0) is 4.79 Å². The first-order valence-corrected chi connectivity index (χ1v) is 6.53. The number of rotatable bonds is 4. The van der Waals surface area contributed by atoms with Crippen molar-refractivity contribution in [1.82, 2.24) is 10.2 Å². The molecule has 1 fully saturated rings. The Morgan fingerprint density at radius 3 is 2.10 bits per heavy atom. The average Bonchev–Trinajstić information content (AvgIpc) is 2.73. The van der Waals surface area contributed by atoms with Crippen molar-refractivity contribution in [2.75, 3.05) is 28.4 Å². The second-order valence-corrected chi connectivity index (χ2v) is 4.70. The lowest BCUT2D eigenvalue weighted by atomic mass is 10.1. The number of carbonyl (C=O) groups excluding carboxylic acids is 1. The number of amides is 1. The Hall–Kier alpha value is -2.28. The maximum Gasteiger partial charge on any atom is 0.276 e. The van der Waals surface area contributed by atoms with Crippen LogP contribution in [-0.4, -0.2) is 44.3 Å². The molecule has 0 bridgehead atoms. The Morgan fingerprint density at radius 2 is 1.71 bits per heavy atom. The molecule has 0 radical (unpaired) electrons. The van der Waals surface area contributed by atoms with Crippen LogP contribution in [0.25, 0.3) is 6.08 Å². The SMILES string of the molecule is COc1cc(C=C2NC(=S)N(C)C2=O)cc(OC)c1OC. The minimum atomic E-state index is -0.186. The van der Waals surface area contributed by atoms with E-state index < -0.39 is 0 Å². The highest BCUT2D eigenvalue weighted by Crippen LogP contribution is 2.38. The molecule has 0 unspecified atom stereocenters. The molecule has 1 aromatic rings. The summed E-state index contributed by atoms with van der Waals surface area (Å²) in [5.74, 6) is 1.35. The zero-order valence-corrected chi connectivity index (χ0v) is 13.0. The van der Waals surface area contributed by atoms with E-state index in [4.69, 9.17) is 26.4 Å². The van der Waals surface area contributed by atoms with Gasteiger partial charge in [-0.05, 0) is 36.0 Å². The van der Waals surface area contributed by atoms with Crippen LogP contribution in [0.15, 0.2) is 17.8 Å². The summed E-state index contributed by atoms with van der Waals surface area (Å²) < 4.78 is 15.8. The van der Waals surface area contributed by atoms with Crippen LogP contribution in [0.1, 0.15) is 5.56 Å². The number of hydrogen-bond acceptors (Lipinski definition) is 5. The molecule has 1 aliphatic rings.